The molecule has 0 unspecified atom stereocenters. The maximum Gasteiger partial charge on any atom is 0.389 e. The van der Waals surface area contributed by atoms with Crippen molar-refractivity contribution < 1.29 is 13.6 Å². The number of nitrogens with zero attached hydrogens (tertiary/aromatic N) is 1. The molecule has 0 bridgehead atoms. The van der Waals surface area contributed by atoms with Gasteiger partial charge in [0.05, 0.1) is 13.2 Å². The quantitative estimate of drug-likeness (QED) is 0.449. The van der Waals surface area contributed by atoms with E-state index in [4.69, 9.17) is 9.05 Å². The lowest BCUT2D eigenvalue weighted by Crippen LogP contribution is -2.25. The van der Waals surface area contributed by atoms with Gasteiger partial charge in [-0.3, -0.25) is 0 Å². The molecule has 0 fully saturated rings. The summed E-state index contributed by atoms with van der Waals surface area (Å²) < 4.78 is 22.5. The highest BCUT2D eigenvalue weighted by Gasteiger charge is 2.24. The zero-order chi connectivity index (χ0) is 14.4. The lowest BCUT2D eigenvalue weighted by atomic mass is 10.5. The molecule has 0 saturated heterocycles. The Hall–Kier alpha value is 0.200. The van der Waals surface area contributed by atoms with E-state index >= 15 is 0 Å². The summed E-state index contributed by atoms with van der Waals surface area (Å²) >= 11 is 1.30. The zero-order valence-electron chi connectivity index (χ0n) is 12.2. The second-order valence-corrected chi connectivity index (χ2v) is 7.34. The van der Waals surface area contributed by atoms with Crippen LogP contribution in [0.5, 0.6) is 0 Å². The molecule has 0 aromatic carbocycles. The van der Waals surface area contributed by atoms with Crippen LogP contribution in [-0.2, 0) is 13.6 Å². The first-order valence-corrected chi connectivity index (χ1v) is 9.51. The Labute approximate surface area is 116 Å². The lowest BCUT2D eigenvalue weighted by molar-refractivity contribution is 0.236. The fourth-order valence-electron chi connectivity index (χ4n) is 1.25. The van der Waals surface area contributed by atoms with Crippen LogP contribution >= 0.6 is 18.2 Å². The van der Waals surface area contributed by atoms with E-state index in [1.165, 1.54) is 11.4 Å². The van der Waals surface area contributed by atoms with Crippen LogP contribution < -0.4 is 0 Å². The molecule has 0 saturated carbocycles. The van der Waals surface area contributed by atoms with Crippen LogP contribution in [0.25, 0.3) is 0 Å². The molecule has 0 atom stereocenters. The minimum atomic E-state index is -2.91. The van der Waals surface area contributed by atoms with Gasteiger partial charge in [-0.1, -0.05) is 13.8 Å². The van der Waals surface area contributed by atoms with Crippen molar-refractivity contribution in [2.45, 2.75) is 27.7 Å². The van der Waals surface area contributed by atoms with Crippen molar-refractivity contribution >= 4 is 18.2 Å². The Morgan fingerprint density at radius 3 is 1.83 bits per heavy atom. The minimum absolute atomic E-state index is 0.426. The Morgan fingerprint density at radius 2 is 1.50 bits per heavy atom. The fourth-order valence-corrected chi connectivity index (χ4v) is 4.66. The maximum atomic E-state index is 12.1. The van der Waals surface area contributed by atoms with Crippen molar-refractivity contribution in [2.24, 2.45) is 0 Å². The second-order valence-electron chi connectivity index (χ2n) is 3.14. The average Bonchev–Trinajstić information content (AvgIpc) is 2.38. The third kappa shape index (κ3) is 10.2. The van der Waals surface area contributed by atoms with Gasteiger partial charge in [-0.05, 0) is 38.3 Å². The lowest BCUT2D eigenvalue weighted by Gasteiger charge is -2.20. The molecule has 0 aliphatic heterocycles. The molecular formula is C12H28NO3PS. The highest BCUT2D eigenvalue weighted by Crippen LogP contribution is 2.60. The molecule has 0 N–H and O–H groups in total. The zero-order valence-corrected chi connectivity index (χ0v) is 13.9. The van der Waals surface area contributed by atoms with E-state index in [2.05, 4.69) is 31.9 Å². The van der Waals surface area contributed by atoms with Crippen LogP contribution in [0, 0.1) is 0 Å². The summed E-state index contributed by atoms with van der Waals surface area (Å²) in [4.78, 5) is 2.29. The average molecular weight is 297 g/mol. The van der Waals surface area contributed by atoms with E-state index < -0.39 is 6.80 Å². The van der Waals surface area contributed by atoms with Gasteiger partial charge < -0.3 is 13.9 Å². The Morgan fingerprint density at radius 1 is 1.06 bits per heavy atom. The number of hydrogen-bond donors (Lipinski definition) is 0. The summed E-state index contributed by atoms with van der Waals surface area (Å²) in [5.41, 5.74) is 0. The molecule has 110 valence electrons. The van der Waals surface area contributed by atoms with Gasteiger partial charge in [0.15, 0.2) is 0 Å². The monoisotopic (exact) mass is 297 g/mol. The highest BCUT2D eigenvalue weighted by molar-refractivity contribution is 8.55. The topological polar surface area (TPSA) is 38.8 Å². The standard InChI is InChI=1S/C10H24NO3PS.C2H4/c1-5-11(6-2)9-10-16-15(12,13-7-3)14-8-4;1-2/h5-10H2,1-4H3;1-2H2. The van der Waals surface area contributed by atoms with Crippen molar-refractivity contribution in [3.05, 3.63) is 13.2 Å². The van der Waals surface area contributed by atoms with E-state index in [-0.39, 0.29) is 0 Å². The summed E-state index contributed by atoms with van der Waals surface area (Å²) in [6, 6.07) is 0. The van der Waals surface area contributed by atoms with Crippen LogP contribution in [0.3, 0.4) is 0 Å². The summed E-state index contributed by atoms with van der Waals surface area (Å²) in [5.74, 6) is 0.777. The highest BCUT2D eigenvalue weighted by atomic mass is 32.7. The van der Waals surface area contributed by atoms with Crippen LogP contribution in [0.1, 0.15) is 27.7 Å². The largest absolute Gasteiger partial charge is 0.389 e. The Balaban J connectivity index is 0. The molecule has 0 aromatic heterocycles. The van der Waals surface area contributed by atoms with Gasteiger partial charge in [0, 0.05) is 12.3 Å². The second kappa shape index (κ2) is 13.6. The van der Waals surface area contributed by atoms with Crippen molar-refractivity contribution in [1.29, 1.82) is 0 Å². The van der Waals surface area contributed by atoms with Gasteiger partial charge >= 0.3 is 6.80 Å². The summed E-state index contributed by atoms with van der Waals surface area (Å²) in [5, 5.41) is 0. The van der Waals surface area contributed by atoms with E-state index in [1.54, 1.807) is 0 Å². The van der Waals surface area contributed by atoms with Crippen molar-refractivity contribution in [2.75, 3.05) is 38.6 Å². The van der Waals surface area contributed by atoms with Crippen LogP contribution in [0.2, 0.25) is 0 Å². The summed E-state index contributed by atoms with van der Waals surface area (Å²) in [7, 11) is 0. The van der Waals surface area contributed by atoms with Crippen molar-refractivity contribution in [1.82, 2.24) is 4.90 Å². The van der Waals surface area contributed by atoms with Gasteiger partial charge in [-0.2, -0.15) is 0 Å². The smallest absolute Gasteiger partial charge is 0.303 e. The van der Waals surface area contributed by atoms with Gasteiger partial charge in [-0.25, -0.2) is 4.57 Å². The van der Waals surface area contributed by atoms with Crippen LogP contribution in [-0.4, -0.2) is 43.5 Å². The Bertz CT molecular complexity index is 215. The maximum absolute atomic E-state index is 12.1. The van der Waals surface area contributed by atoms with E-state index in [9.17, 15) is 4.57 Å². The number of rotatable bonds is 10. The van der Waals surface area contributed by atoms with Gasteiger partial charge in [-0.15, -0.1) is 13.2 Å². The summed E-state index contributed by atoms with van der Waals surface area (Å²) in [6.07, 6.45) is 0. The van der Waals surface area contributed by atoms with Crippen LogP contribution in [0.4, 0.5) is 0 Å². The van der Waals surface area contributed by atoms with E-state index in [1.807, 2.05) is 13.8 Å². The summed E-state index contributed by atoms with van der Waals surface area (Å²) in [6.45, 7) is 14.8. The first kappa shape index (κ1) is 20.5. The molecule has 0 amide bonds. The normalized spacial score (nSPS) is 11.2. The third-order valence-corrected chi connectivity index (χ3v) is 6.08. The van der Waals surface area contributed by atoms with Crippen molar-refractivity contribution in [3.8, 4) is 0 Å². The SMILES string of the molecule is C=C.CCOP(=O)(OCC)SCCN(CC)CC. The predicted octanol–water partition coefficient (Wildman–Crippen LogP) is 4.04. The molecule has 0 aliphatic carbocycles. The Kier molecular flexibility index (Phi) is 15.5. The fraction of sp³-hybridized carbons (Fsp3) is 0.833. The molecule has 0 rings (SSSR count). The molecule has 4 nitrogen and oxygen atoms in total. The van der Waals surface area contributed by atoms with E-state index in [0.29, 0.717) is 13.2 Å². The first-order chi connectivity index (χ1) is 8.61. The van der Waals surface area contributed by atoms with Gasteiger partial charge in [0.1, 0.15) is 0 Å². The molecular weight excluding hydrogens is 269 g/mol. The van der Waals surface area contributed by atoms with Crippen LogP contribution in [0.15, 0.2) is 13.2 Å². The third-order valence-electron chi connectivity index (χ3n) is 2.13. The number of hydrogen-bond acceptors (Lipinski definition) is 5. The molecule has 0 heterocycles. The van der Waals surface area contributed by atoms with Gasteiger partial charge in [0.25, 0.3) is 0 Å². The minimum Gasteiger partial charge on any atom is -0.303 e. The first-order valence-electron chi connectivity index (χ1n) is 6.37. The van der Waals surface area contributed by atoms with E-state index in [0.717, 1.165) is 25.4 Å². The van der Waals surface area contributed by atoms with Gasteiger partial charge in [0.2, 0.25) is 0 Å². The molecule has 0 aromatic rings. The predicted molar refractivity (Wildman–Crippen MR) is 82.4 cm³/mol. The molecule has 0 aliphatic rings. The molecule has 0 radical (unpaired) electrons. The molecule has 6 heteroatoms. The van der Waals surface area contributed by atoms with Crippen molar-refractivity contribution in [3.63, 3.8) is 0 Å². The molecule has 18 heavy (non-hydrogen) atoms. The molecule has 0 spiro atoms.